The predicted octanol–water partition coefficient (Wildman–Crippen LogP) is 2.74. The van der Waals surface area contributed by atoms with Crippen LogP contribution in [0.2, 0.25) is 0 Å². The number of nitrogens with zero attached hydrogens (tertiary/aromatic N) is 2. The average molecular weight is 351 g/mol. The summed E-state index contributed by atoms with van der Waals surface area (Å²) in [6.45, 7) is 5.21. The van der Waals surface area contributed by atoms with Crippen molar-refractivity contribution in [2.24, 2.45) is 0 Å². The smallest absolute Gasteiger partial charge is 0.257 e. The quantitative estimate of drug-likeness (QED) is 0.786. The van der Waals surface area contributed by atoms with Gasteiger partial charge >= 0.3 is 0 Å². The summed E-state index contributed by atoms with van der Waals surface area (Å²) < 4.78 is 11.1. The zero-order chi connectivity index (χ0) is 18.1. The number of methoxy groups -OCH3 is 1. The van der Waals surface area contributed by atoms with Gasteiger partial charge in [-0.25, -0.2) is 4.98 Å². The van der Waals surface area contributed by atoms with Crippen molar-refractivity contribution in [1.82, 2.24) is 9.97 Å². The fourth-order valence-corrected chi connectivity index (χ4v) is 3.37. The summed E-state index contributed by atoms with van der Waals surface area (Å²) in [5, 5.41) is 1.03. The third-order valence-electron chi connectivity index (χ3n) is 4.76. The Morgan fingerprint density at radius 1 is 1.23 bits per heavy atom. The highest BCUT2D eigenvalue weighted by molar-refractivity contribution is 5.92. The number of anilines is 1. The van der Waals surface area contributed by atoms with E-state index in [2.05, 4.69) is 16.0 Å². The number of aromatic amines is 1. The lowest BCUT2D eigenvalue weighted by atomic mass is 10.0. The number of benzene rings is 1. The van der Waals surface area contributed by atoms with Crippen LogP contribution in [0.5, 0.6) is 5.75 Å². The van der Waals surface area contributed by atoms with Gasteiger partial charge in [-0.1, -0.05) is 0 Å². The molecule has 0 atom stereocenters. The Hall–Kier alpha value is -2.86. The molecule has 3 aromatic rings. The number of H-pyrrole nitrogens is 1. The van der Waals surface area contributed by atoms with Crippen molar-refractivity contribution in [2.45, 2.75) is 6.92 Å². The van der Waals surface area contributed by atoms with E-state index in [1.165, 1.54) is 0 Å². The van der Waals surface area contributed by atoms with Crippen LogP contribution in [0.3, 0.4) is 0 Å². The molecule has 0 saturated carbocycles. The first kappa shape index (κ1) is 16.6. The summed E-state index contributed by atoms with van der Waals surface area (Å²) in [7, 11) is 1.65. The number of nitrogens with one attached hydrogen (secondary N) is 1. The molecule has 0 radical (unpaired) electrons. The lowest BCUT2D eigenvalue weighted by Crippen LogP contribution is -2.36. The maximum Gasteiger partial charge on any atom is 0.257 e. The van der Waals surface area contributed by atoms with Gasteiger partial charge < -0.3 is 19.4 Å². The highest BCUT2D eigenvalue weighted by atomic mass is 16.5. The van der Waals surface area contributed by atoms with Gasteiger partial charge in [0.2, 0.25) is 0 Å². The summed E-state index contributed by atoms with van der Waals surface area (Å²) in [5.74, 6) is 0.710. The van der Waals surface area contributed by atoms with Crippen LogP contribution in [0, 0.1) is 6.92 Å². The van der Waals surface area contributed by atoms with Gasteiger partial charge in [0.15, 0.2) is 0 Å². The van der Waals surface area contributed by atoms with E-state index < -0.39 is 0 Å². The summed E-state index contributed by atoms with van der Waals surface area (Å²) in [6, 6.07) is 9.69. The number of hydrogen-bond acceptors (Lipinski definition) is 5. The van der Waals surface area contributed by atoms with E-state index in [-0.39, 0.29) is 5.56 Å². The van der Waals surface area contributed by atoms with Crippen LogP contribution in [0.4, 0.5) is 5.69 Å². The van der Waals surface area contributed by atoms with Crippen molar-refractivity contribution in [1.29, 1.82) is 0 Å². The average Bonchev–Trinajstić information content (AvgIpc) is 2.68. The molecular weight excluding hydrogens is 330 g/mol. The molecule has 4 rings (SSSR count). The number of fused-ring (bicyclic) bond motifs is 1. The molecule has 6 heteroatoms. The third-order valence-corrected chi connectivity index (χ3v) is 4.76. The van der Waals surface area contributed by atoms with Gasteiger partial charge in [0.05, 0.1) is 31.6 Å². The number of aromatic nitrogens is 2. The molecule has 26 heavy (non-hydrogen) atoms. The number of aryl methyl sites for hydroxylation is 1. The van der Waals surface area contributed by atoms with Crippen molar-refractivity contribution < 1.29 is 9.47 Å². The lowest BCUT2D eigenvalue weighted by molar-refractivity contribution is 0.122. The minimum Gasteiger partial charge on any atom is -0.494 e. The molecule has 1 N–H and O–H groups in total. The Morgan fingerprint density at radius 3 is 2.77 bits per heavy atom. The molecule has 2 aromatic heterocycles. The highest BCUT2D eigenvalue weighted by Crippen LogP contribution is 2.34. The van der Waals surface area contributed by atoms with Crippen LogP contribution in [-0.2, 0) is 4.74 Å². The van der Waals surface area contributed by atoms with Gasteiger partial charge in [-0.15, -0.1) is 0 Å². The summed E-state index contributed by atoms with van der Waals surface area (Å²) in [5.41, 5.74) is 3.98. The Labute approximate surface area is 151 Å². The minimum atomic E-state index is -0.150. The first-order valence-corrected chi connectivity index (χ1v) is 8.67. The molecule has 1 aliphatic heterocycles. The van der Waals surface area contributed by atoms with E-state index in [4.69, 9.17) is 14.5 Å². The van der Waals surface area contributed by atoms with Crippen molar-refractivity contribution in [3.8, 4) is 17.0 Å². The largest absolute Gasteiger partial charge is 0.494 e. The van der Waals surface area contributed by atoms with Crippen LogP contribution in [0.25, 0.3) is 22.2 Å². The van der Waals surface area contributed by atoms with E-state index in [1.54, 1.807) is 25.4 Å². The third kappa shape index (κ3) is 2.93. The molecule has 6 nitrogen and oxygen atoms in total. The molecule has 0 unspecified atom stereocenters. The van der Waals surface area contributed by atoms with Gasteiger partial charge in [-0.3, -0.25) is 4.79 Å². The van der Waals surface area contributed by atoms with Gasteiger partial charge in [0, 0.05) is 36.4 Å². The molecule has 0 spiro atoms. The predicted molar refractivity (Wildman–Crippen MR) is 102 cm³/mol. The van der Waals surface area contributed by atoms with Crippen LogP contribution < -0.4 is 15.2 Å². The maximum atomic E-state index is 12.1. The molecule has 1 saturated heterocycles. The molecule has 1 aromatic carbocycles. The topological polar surface area (TPSA) is 67.5 Å². The van der Waals surface area contributed by atoms with Crippen molar-refractivity contribution in [2.75, 3.05) is 38.3 Å². The fraction of sp³-hybridized carbons (Fsp3) is 0.300. The molecule has 3 heterocycles. The van der Waals surface area contributed by atoms with Gasteiger partial charge in [-0.05, 0) is 36.8 Å². The first-order chi connectivity index (χ1) is 12.7. The Balaban J connectivity index is 1.89. The second kappa shape index (κ2) is 6.80. The van der Waals surface area contributed by atoms with Gasteiger partial charge in [0.25, 0.3) is 5.56 Å². The molecule has 134 valence electrons. The van der Waals surface area contributed by atoms with Crippen molar-refractivity contribution >= 4 is 16.6 Å². The summed E-state index contributed by atoms with van der Waals surface area (Å²) >= 11 is 0. The van der Waals surface area contributed by atoms with E-state index >= 15 is 0 Å². The number of morpholine rings is 1. The van der Waals surface area contributed by atoms with Crippen LogP contribution >= 0.6 is 0 Å². The SMILES string of the molecule is COc1cc(N2CCOCC2)cc2c(C)cc(-c3ccc[nH]c3=O)nc12. The van der Waals surface area contributed by atoms with Crippen molar-refractivity contribution in [3.05, 3.63) is 52.4 Å². The lowest BCUT2D eigenvalue weighted by Gasteiger charge is -2.29. The van der Waals surface area contributed by atoms with Crippen LogP contribution in [0.1, 0.15) is 5.56 Å². The second-order valence-electron chi connectivity index (χ2n) is 6.38. The first-order valence-electron chi connectivity index (χ1n) is 8.67. The Bertz CT molecular complexity index is 1010. The molecule has 0 aliphatic carbocycles. The standard InChI is InChI=1S/C20H21N3O3/c1-13-10-17(15-4-3-5-21-20(15)24)22-19-16(13)11-14(12-18(19)25-2)23-6-8-26-9-7-23/h3-5,10-12H,6-9H2,1-2H3,(H,21,24). The van der Waals surface area contributed by atoms with Gasteiger partial charge in [-0.2, -0.15) is 0 Å². The number of ether oxygens (including phenoxy) is 2. The Morgan fingerprint density at radius 2 is 2.04 bits per heavy atom. The maximum absolute atomic E-state index is 12.1. The molecule has 0 amide bonds. The monoisotopic (exact) mass is 351 g/mol. The van der Waals surface area contributed by atoms with Crippen LogP contribution in [0.15, 0.2) is 41.3 Å². The number of pyridine rings is 2. The highest BCUT2D eigenvalue weighted by Gasteiger charge is 2.17. The van der Waals surface area contributed by atoms with E-state index in [0.29, 0.717) is 17.0 Å². The van der Waals surface area contributed by atoms with Crippen LogP contribution in [-0.4, -0.2) is 43.4 Å². The molecule has 0 bridgehead atoms. The summed E-state index contributed by atoms with van der Waals surface area (Å²) in [4.78, 5) is 21.9. The zero-order valence-electron chi connectivity index (χ0n) is 14.9. The fourth-order valence-electron chi connectivity index (χ4n) is 3.37. The zero-order valence-corrected chi connectivity index (χ0v) is 14.9. The second-order valence-corrected chi connectivity index (χ2v) is 6.38. The molecule has 1 aliphatic rings. The van der Waals surface area contributed by atoms with Crippen molar-refractivity contribution in [3.63, 3.8) is 0 Å². The number of hydrogen-bond donors (Lipinski definition) is 1. The Kier molecular flexibility index (Phi) is 4.34. The minimum absolute atomic E-state index is 0.150. The van der Waals surface area contributed by atoms with E-state index in [9.17, 15) is 4.79 Å². The van der Waals surface area contributed by atoms with E-state index in [0.717, 1.165) is 48.5 Å². The summed E-state index contributed by atoms with van der Waals surface area (Å²) in [6.07, 6.45) is 1.62. The normalized spacial score (nSPS) is 14.6. The van der Waals surface area contributed by atoms with E-state index in [1.807, 2.05) is 19.1 Å². The van der Waals surface area contributed by atoms with Gasteiger partial charge in [0.1, 0.15) is 11.3 Å². The molecular formula is C20H21N3O3. The molecule has 1 fully saturated rings. The number of rotatable bonds is 3.